The van der Waals surface area contributed by atoms with Crippen molar-refractivity contribution in [1.29, 1.82) is 0 Å². The van der Waals surface area contributed by atoms with Gasteiger partial charge in [0.1, 0.15) is 6.10 Å². The highest BCUT2D eigenvalue weighted by atomic mass is 32.2. The van der Waals surface area contributed by atoms with Gasteiger partial charge in [-0.2, -0.15) is 0 Å². The molecule has 0 saturated carbocycles. The van der Waals surface area contributed by atoms with E-state index in [0.717, 1.165) is 11.8 Å². The fourth-order valence-corrected chi connectivity index (χ4v) is 1.81. The Hall–Kier alpha value is -0.950. The van der Waals surface area contributed by atoms with Gasteiger partial charge in [-0.25, -0.2) is 0 Å². The molecule has 0 aliphatic rings. The van der Waals surface area contributed by atoms with Crippen LogP contribution in [0.25, 0.3) is 0 Å². The van der Waals surface area contributed by atoms with Crippen molar-refractivity contribution in [2.24, 2.45) is 0 Å². The zero-order valence-corrected chi connectivity index (χ0v) is 10.2. The predicted molar refractivity (Wildman–Crippen MR) is 64.3 cm³/mol. The van der Waals surface area contributed by atoms with E-state index >= 15 is 0 Å². The minimum atomic E-state index is -1.08. The molecule has 0 radical (unpaired) electrons. The summed E-state index contributed by atoms with van der Waals surface area (Å²) < 4.78 is 0. The second-order valence-corrected chi connectivity index (χ2v) is 4.75. The highest BCUT2D eigenvalue weighted by Crippen LogP contribution is 2.19. The van der Waals surface area contributed by atoms with Gasteiger partial charge in [-0.15, -0.1) is 0 Å². The number of rotatable bonds is 5. The standard InChI is InChI=1S/C11H15NO4S/c1-7(14)17-6-10(15)11(16)8-2-3-9(5-13)12-4-8/h2-4,10-11,13,15-16H,5-6H2,1H3. The number of nitrogens with zero attached hydrogens (tertiary/aromatic N) is 1. The summed E-state index contributed by atoms with van der Waals surface area (Å²) >= 11 is 0.961. The van der Waals surface area contributed by atoms with Crippen molar-refractivity contribution in [2.75, 3.05) is 5.75 Å². The Kier molecular flexibility index (Phi) is 5.57. The number of hydrogen-bond donors (Lipinski definition) is 3. The first-order chi connectivity index (χ1) is 8.04. The fourth-order valence-electron chi connectivity index (χ4n) is 1.22. The largest absolute Gasteiger partial charge is 0.390 e. The zero-order valence-electron chi connectivity index (χ0n) is 9.41. The average molecular weight is 257 g/mol. The maximum absolute atomic E-state index is 10.7. The van der Waals surface area contributed by atoms with Crippen LogP contribution in [0.5, 0.6) is 0 Å². The molecule has 0 saturated heterocycles. The molecule has 0 bridgehead atoms. The molecule has 94 valence electrons. The van der Waals surface area contributed by atoms with E-state index in [1.165, 1.54) is 13.1 Å². The van der Waals surface area contributed by atoms with Crippen LogP contribution in [-0.4, -0.2) is 37.3 Å². The van der Waals surface area contributed by atoms with Gasteiger partial charge in [0.05, 0.1) is 18.4 Å². The summed E-state index contributed by atoms with van der Waals surface area (Å²) in [6.07, 6.45) is -0.703. The lowest BCUT2D eigenvalue weighted by Gasteiger charge is -2.17. The Morgan fingerprint density at radius 2 is 2.18 bits per heavy atom. The smallest absolute Gasteiger partial charge is 0.185 e. The maximum atomic E-state index is 10.7. The van der Waals surface area contributed by atoms with Gasteiger partial charge in [0, 0.05) is 24.4 Å². The zero-order chi connectivity index (χ0) is 12.8. The lowest BCUT2D eigenvalue weighted by atomic mass is 10.1. The molecule has 5 nitrogen and oxygen atoms in total. The number of aliphatic hydroxyl groups excluding tert-OH is 3. The van der Waals surface area contributed by atoms with Crippen LogP contribution in [0.4, 0.5) is 0 Å². The van der Waals surface area contributed by atoms with Crippen molar-refractivity contribution in [2.45, 2.75) is 25.7 Å². The van der Waals surface area contributed by atoms with Gasteiger partial charge in [0.2, 0.25) is 0 Å². The summed E-state index contributed by atoms with van der Waals surface area (Å²) in [6, 6.07) is 3.16. The molecular weight excluding hydrogens is 242 g/mol. The van der Waals surface area contributed by atoms with Gasteiger partial charge in [-0.05, 0) is 6.07 Å². The molecule has 2 atom stereocenters. The highest BCUT2D eigenvalue weighted by Gasteiger charge is 2.19. The molecule has 3 N–H and O–H groups in total. The molecule has 1 rings (SSSR count). The van der Waals surface area contributed by atoms with Gasteiger partial charge in [0.15, 0.2) is 5.12 Å². The molecule has 2 unspecified atom stereocenters. The van der Waals surface area contributed by atoms with E-state index in [1.807, 2.05) is 0 Å². The molecule has 0 aliphatic carbocycles. The normalized spacial score (nSPS) is 14.4. The Bertz CT molecular complexity index is 368. The van der Waals surface area contributed by atoms with Gasteiger partial charge in [-0.3, -0.25) is 9.78 Å². The van der Waals surface area contributed by atoms with Crippen LogP contribution in [0.3, 0.4) is 0 Å². The number of aliphatic hydroxyl groups is 3. The van der Waals surface area contributed by atoms with Gasteiger partial charge in [-0.1, -0.05) is 17.8 Å². The van der Waals surface area contributed by atoms with Crippen molar-refractivity contribution in [1.82, 2.24) is 4.98 Å². The molecule has 1 aromatic heterocycles. The monoisotopic (exact) mass is 257 g/mol. The third-order valence-corrected chi connectivity index (χ3v) is 3.09. The number of pyridine rings is 1. The van der Waals surface area contributed by atoms with Crippen molar-refractivity contribution in [3.8, 4) is 0 Å². The van der Waals surface area contributed by atoms with E-state index in [2.05, 4.69) is 4.98 Å². The van der Waals surface area contributed by atoms with Crippen LogP contribution < -0.4 is 0 Å². The first-order valence-electron chi connectivity index (χ1n) is 5.09. The third-order valence-electron chi connectivity index (χ3n) is 2.17. The van der Waals surface area contributed by atoms with Crippen molar-refractivity contribution in [3.05, 3.63) is 29.6 Å². The summed E-state index contributed by atoms with van der Waals surface area (Å²) in [5, 5.41) is 28.1. The molecule has 1 aromatic rings. The molecule has 0 aliphatic heterocycles. The molecule has 6 heteroatoms. The van der Waals surface area contributed by atoms with Crippen LogP contribution in [0.2, 0.25) is 0 Å². The van der Waals surface area contributed by atoms with Crippen molar-refractivity contribution >= 4 is 16.9 Å². The number of carbonyl (C=O) groups is 1. The van der Waals surface area contributed by atoms with Gasteiger partial charge < -0.3 is 15.3 Å². The van der Waals surface area contributed by atoms with Crippen LogP contribution >= 0.6 is 11.8 Å². The number of aromatic nitrogens is 1. The Morgan fingerprint density at radius 3 is 2.65 bits per heavy atom. The molecule has 1 heterocycles. The van der Waals surface area contributed by atoms with Crippen molar-refractivity contribution in [3.63, 3.8) is 0 Å². The molecule has 0 amide bonds. The summed E-state index contributed by atoms with van der Waals surface area (Å²) in [5.41, 5.74) is 0.951. The van der Waals surface area contributed by atoms with Crippen molar-refractivity contribution < 1.29 is 20.1 Å². The van der Waals surface area contributed by atoms with Crippen LogP contribution in [0, 0.1) is 0 Å². The van der Waals surface area contributed by atoms with Gasteiger partial charge in [0.25, 0.3) is 0 Å². The lowest BCUT2D eigenvalue weighted by Crippen LogP contribution is -2.21. The predicted octanol–water partition coefficient (Wildman–Crippen LogP) is 0.248. The second-order valence-electron chi connectivity index (χ2n) is 3.56. The van der Waals surface area contributed by atoms with Crippen LogP contribution in [-0.2, 0) is 11.4 Å². The molecule has 0 aromatic carbocycles. The fraction of sp³-hybridized carbons (Fsp3) is 0.455. The maximum Gasteiger partial charge on any atom is 0.185 e. The minimum absolute atomic E-state index is 0.106. The second kappa shape index (κ2) is 6.70. The number of carbonyl (C=O) groups excluding carboxylic acids is 1. The molecule has 0 fully saturated rings. The number of thioether (sulfide) groups is 1. The topological polar surface area (TPSA) is 90.7 Å². The minimum Gasteiger partial charge on any atom is -0.390 e. The molecule has 0 spiro atoms. The van der Waals surface area contributed by atoms with Gasteiger partial charge >= 0.3 is 0 Å². The third kappa shape index (κ3) is 4.43. The summed E-state index contributed by atoms with van der Waals surface area (Å²) in [4.78, 5) is 14.6. The summed E-state index contributed by atoms with van der Waals surface area (Å²) in [7, 11) is 0. The SMILES string of the molecule is CC(=O)SCC(O)C(O)c1ccc(CO)nc1. The molecule has 17 heavy (non-hydrogen) atoms. The van der Waals surface area contributed by atoms with E-state index in [1.54, 1.807) is 12.1 Å². The summed E-state index contributed by atoms with van der Waals surface area (Å²) in [6.45, 7) is 1.24. The van der Waals surface area contributed by atoms with E-state index in [4.69, 9.17) is 5.11 Å². The van der Waals surface area contributed by atoms with E-state index in [9.17, 15) is 15.0 Å². The Balaban J connectivity index is 2.60. The summed E-state index contributed by atoms with van der Waals surface area (Å²) in [5.74, 6) is 0.137. The quantitative estimate of drug-likeness (QED) is 0.700. The number of hydrogen-bond acceptors (Lipinski definition) is 6. The molecular formula is C11H15NO4S. The van der Waals surface area contributed by atoms with Crippen LogP contribution in [0.1, 0.15) is 24.3 Å². The van der Waals surface area contributed by atoms with E-state index in [-0.39, 0.29) is 17.5 Å². The lowest BCUT2D eigenvalue weighted by molar-refractivity contribution is -0.109. The first kappa shape index (κ1) is 14.1. The Labute approximate surface area is 104 Å². The average Bonchev–Trinajstić information content (AvgIpc) is 2.35. The Morgan fingerprint density at radius 1 is 1.47 bits per heavy atom. The van der Waals surface area contributed by atoms with E-state index in [0.29, 0.717) is 11.3 Å². The van der Waals surface area contributed by atoms with E-state index < -0.39 is 12.2 Å². The first-order valence-corrected chi connectivity index (χ1v) is 6.08. The van der Waals surface area contributed by atoms with Crippen LogP contribution in [0.15, 0.2) is 18.3 Å². The highest BCUT2D eigenvalue weighted by molar-refractivity contribution is 8.13.